The third-order valence-corrected chi connectivity index (χ3v) is 2.70. The monoisotopic (exact) mass is 274 g/mol. The Hall–Kier alpha value is -2.49. The van der Waals surface area contributed by atoms with E-state index in [0.717, 1.165) is 23.8 Å². The van der Waals surface area contributed by atoms with Gasteiger partial charge in [-0.2, -0.15) is 0 Å². The first kappa shape index (κ1) is 13.9. The van der Waals surface area contributed by atoms with Crippen LogP contribution < -0.4 is 4.74 Å². The van der Waals surface area contributed by atoms with Crippen LogP contribution in [0.3, 0.4) is 0 Å². The fraction of sp³-hybridized carbons (Fsp3) is 0.0625. The maximum absolute atomic E-state index is 13.7. The van der Waals surface area contributed by atoms with Gasteiger partial charge in [-0.25, -0.2) is 8.78 Å². The van der Waals surface area contributed by atoms with E-state index in [0.29, 0.717) is 0 Å². The second-order valence-corrected chi connectivity index (χ2v) is 4.10. The normalized spacial score (nSPS) is 10.1. The number of ether oxygens (including phenoxy) is 1. The van der Waals surface area contributed by atoms with Crippen molar-refractivity contribution in [3.63, 3.8) is 0 Å². The van der Waals surface area contributed by atoms with Gasteiger partial charge in [-0.05, 0) is 11.6 Å². The average Bonchev–Trinajstić information content (AvgIpc) is 2.45. The molecular weight excluding hydrogens is 262 g/mol. The Kier molecular flexibility index (Phi) is 4.25. The smallest absolute Gasteiger partial charge is 0.191 e. The Morgan fingerprint density at radius 3 is 2.30 bits per heavy atom. The highest BCUT2D eigenvalue weighted by molar-refractivity contribution is 6.04. The van der Waals surface area contributed by atoms with Crippen molar-refractivity contribution >= 4 is 5.78 Å². The predicted octanol–water partition coefficient (Wildman–Crippen LogP) is 3.91. The van der Waals surface area contributed by atoms with Gasteiger partial charge in [0.2, 0.25) is 0 Å². The number of ketones is 1. The minimum atomic E-state index is -0.960. The van der Waals surface area contributed by atoms with E-state index < -0.39 is 23.0 Å². The summed E-state index contributed by atoms with van der Waals surface area (Å²) in [6.45, 7) is 3.39. The number of benzene rings is 2. The zero-order valence-electron chi connectivity index (χ0n) is 10.6. The van der Waals surface area contributed by atoms with Crippen LogP contribution in [0.15, 0.2) is 55.1 Å². The van der Waals surface area contributed by atoms with E-state index in [1.807, 2.05) is 30.3 Å². The van der Waals surface area contributed by atoms with E-state index in [1.165, 1.54) is 0 Å². The molecule has 0 amide bonds. The van der Waals surface area contributed by atoms with Crippen molar-refractivity contribution < 1.29 is 18.3 Å². The molecule has 0 atom stereocenters. The molecule has 0 aromatic heterocycles. The van der Waals surface area contributed by atoms with Gasteiger partial charge in [0.05, 0.1) is 5.56 Å². The minimum Gasteiger partial charge on any atom is -0.489 e. The molecule has 2 aromatic carbocycles. The number of allylic oxidation sites excluding steroid dienone is 1. The second-order valence-electron chi connectivity index (χ2n) is 4.10. The summed E-state index contributed by atoms with van der Waals surface area (Å²) in [6, 6.07) is 11.2. The quantitative estimate of drug-likeness (QED) is 0.610. The fourth-order valence-electron chi connectivity index (χ4n) is 1.71. The Labute approximate surface area is 115 Å². The van der Waals surface area contributed by atoms with Gasteiger partial charge in [0.1, 0.15) is 24.0 Å². The average molecular weight is 274 g/mol. The van der Waals surface area contributed by atoms with E-state index in [-0.39, 0.29) is 12.4 Å². The van der Waals surface area contributed by atoms with Crippen LogP contribution in [0, 0.1) is 11.6 Å². The lowest BCUT2D eigenvalue weighted by atomic mass is 10.1. The van der Waals surface area contributed by atoms with Crippen LogP contribution in [0.5, 0.6) is 5.75 Å². The Morgan fingerprint density at radius 2 is 1.75 bits per heavy atom. The molecule has 0 saturated heterocycles. The van der Waals surface area contributed by atoms with Crippen molar-refractivity contribution in [3.8, 4) is 5.75 Å². The zero-order valence-corrected chi connectivity index (χ0v) is 10.6. The van der Waals surface area contributed by atoms with Crippen molar-refractivity contribution in [2.75, 3.05) is 0 Å². The molecule has 0 spiro atoms. The molecule has 0 unspecified atom stereocenters. The molecule has 0 fully saturated rings. The van der Waals surface area contributed by atoms with Crippen LogP contribution in [-0.2, 0) is 6.61 Å². The van der Waals surface area contributed by atoms with E-state index >= 15 is 0 Å². The summed E-state index contributed by atoms with van der Waals surface area (Å²) in [5, 5.41) is 0. The summed E-state index contributed by atoms with van der Waals surface area (Å²) in [5.74, 6) is -2.69. The highest BCUT2D eigenvalue weighted by atomic mass is 19.1. The highest BCUT2D eigenvalue weighted by Gasteiger charge is 2.16. The molecule has 4 heteroatoms. The first-order valence-corrected chi connectivity index (χ1v) is 5.94. The van der Waals surface area contributed by atoms with Gasteiger partial charge >= 0.3 is 0 Å². The van der Waals surface area contributed by atoms with Gasteiger partial charge in [-0.1, -0.05) is 36.9 Å². The molecule has 0 saturated carbocycles. The molecule has 0 aliphatic heterocycles. The maximum atomic E-state index is 13.7. The lowest BCUT2D eigenvalue weighted by molar-refractivity contribution is 0.103. The summed E-state index contributed by atoms with van der Waals surface area (Å²) >= 11 is 0. The molecule has 0 aliphatic carbocycles. The van der Waals surface area contributed by atoms with Crippen LogP contribution in [0.25, 0.3) is 0 Å². The third kappa shape index (κ3) is 3.09. The molecule has 0 N–H and O–H groups in total. The first-order chi connectivity index (χ1) is 9.61. The molecule has 0 bridgehead atoms. The zero-order chi connectivity index (χ0) is 14.5. The highest BCUT2D eigenvalue weighted by Crippen LogP contribution is 2.22. The maximum Gasteiger partial charge on any atom is 0.191 e. The largest absolute Gasteiger partial charge is 0.489 e. The molecule has 2 aromatic rings. The van der Waals surface area contributed by atoms with Gasteiger partial charge in [0.15, 0.2) is 5.78 Å². The number of rotatable bonds is 5. The molecular formula is C16H12F2O2. The van der Waals surface area contributed by atoms with Crippen molar-refractivity contribution in [1.29, 1.82) is 0 Å². The van der Waals surface area contributed by atoms with E-state index in [9.17, 15) is 13.6 Å². The van der Waals surface area contributed by atoms with E-state index in [2.05, 4.69) is 6.58 Å². The van der Waals surface area contributed by atoms with Crippen LogP contribution >= 0.6 is 0 Å². The topological polar surface area (TPSA) is 26.3 Å². The molecule has 20 heavy (non-hydrogen) atoms. The van der Waals surface area contributed by atoms with Gasteiger partial charge in [-0.15, -0.1) is 0 Å². The summed E-state index contributed by atoms with van der Waals surface area (Å²) in [6.07, 6.45) is 0.867. The number of hydrogen-bond acceptors (Lipinski definition) is 2. The van der Waals surface area contributed by atoms with Crippen molar-refractivity contribution in [2.45, 2.75) is 6.61 Å². The summed E-state index contributed by atoms with van der Waals surface area (Å²) < 4.78 is 32.7. The number of hydrogen-bond donors (Lipinski definition) is 0. The van der Waals surface area contributed by atoms with E-state index in [4.69, 9.17) is 4.74 Å². The number of carbonyl (C=O) groups excluding carboxylic acids is 1. The molecule has 2 rings (SSSR count). The van der Waals surface area contributed by atoms with Crippen molar-refractivity contribution in [3.05, 3.63) is 77.9 Å². The minimum absolute atomic E-state index is 0.0319. The Balaban J connectivity index is 2.18. The van der Waals surface area contributed by atoms with Crippen LogP contribution in [0.4, 0.5) is 8.78 Å². The van der Waals surface area contributed by atoms with Crippen LogP contribution in [-0.4, -0.2) is 5.78 Å². The molecule has 0 heterocycles. The summed E-state index contributed by atoms with van der Waals surface area (Å²) in [5.41, 5.74) is 0.256. The Bertz CT molecular complexity index is 613. The SMILES string of the molecule is C=CC(=O)c1c(F)cc(OCc2ccccc2)cc1F. The molecule has 0 radical (unpaired) electrons. The van der Waals surface area contributed by atoms with E-state index in [1.54, 1.807) is 0 Å². The number of carbonyl (C=O) groups is 1. The predicted molar refractivity (Wildman–Crippen MR) is 71.7 cm³/mol. The number of halogens is 2. The fourth-order valence-corrected chi connectivity index (χ4v) is 1.71. The first-order valence-electron chi connectivity index (χ1n) is 5.94. The summed E-state index contributed by atoms with van der Waals surface area (Å²) in [4.78, 5) is 11.3. The van der Waals surface area contributed by atoms with Crippen molar-refractivity contribution in [1.82, 2.24) is 0 Å². The summed E-state index contributed by atoms with van der Waals surface area (Å²) in [7, 11) is 0. The molecule has 2 nitrogen and oxygen atoms in total. The molecule has 102 valence electrons. The van der Waals surface area contributed by atoms with Crippen molar-refractivity contribution in [2.24, 2.45) is 0 Å². The van der Waals surface area contributed by atoms with Gasteiger partial charge < -0.3 is 4.74 Å². The Morgan fingerprint density at radius 1 is 1.15 bits per heavy atom. The van der Waals surface area contributed by atoms with Crippen LogP contribution in [0.2, 0.25) is 0 Å². The lowest BCUT2D eigenvalue weighted by Gasteiger charge is -2.08. The third-order valence-electron chi connectivity index (χ3n) is 2.70. The standard InChI is InChI=1S/C16H12F2O2/c1-2-15(19)16-13(17)8-12(9-14(16)18)20-10-11-6-4-3-5-7-11/h2-9H,1,10H2. The van der Waals surface area contributed by atoms with Gasteiger partial charge in [0, 0.05) is 12.1 Å². The lowest BCUT2D eigenvalue weighted by Crippen LogP contribution is -2.04. The second kappa shape index (κ2) is 6.10. The molecule has 0 aliphatic rings. The van der Waals surface area contributed by atoms with Gasteiger partial charge in [0.25, 0.3) is 0 Å². The van der Waals surface area contributed by atoms with Crippen LogP contribution in [0.1, 0.15) is 15.9 Å². The van der Waals surface area contributed by atoms with Gasteiger partial charge in [-0.3, -0.25) is 4.79 Å².